The minimum Gasteiger partial charge on any atom is -0.337 e. The number of aryl methyl sites for hydroxylation is 1. The van der Waals surface area contributed by atoms with Gasteiger partial charge in [-0.15, -0.1) is 12.4 Å². The first-order chi connectivity index (χ1) is 13.6. The average molecular weight is 421 g/mol. The molecule has 3 rings (SSSR count). The molecule has 158 valence electrons. The number of hydrogen-bond donors (Lipinski definition) is 2. The minimum atomic E-state index is -0.183. The molecular weight excluding hydrogens is 392 g/mol. The standard InChI is InChI=1S/C20H28N6O2.ClH/c1-24-12-11-22-19(24)17-14-21-10-13-26(17)18(27)8-9-23-20(28)25(2)15-16-6-4-3-5-7-16;/h3-7,11-12,17,21H,8-10,13-15H2,1-2H3,(H,23,28);1H. The molecule has 0 aliphatic carbocycles. The molecule has 0 spiro atoms. The second-order valence-corrected chi connectivity index (χ2v) is 7.03. The average Bonchev–Trinajstić information content (AvgIpc) is 3.14. The number of rotatable bonds is 6. The van der Waals surface area contributed by atoms with Crippen LogP contribution in [0.25, 0.3) is 0 Å². The van der Waals surface area contributed by atoms with Crippen LogP contribution in [0.3, 0.4) is 0 Å². The highest BCUT2D eigenvalue weighted by molar-refractivity contribution is 5.85. The number of carbonyl (C=O) groups is 2. The second kappa shape index (κ2) is 10.8. The smallest absolute Gasteiger partial charge is 0.317 e. The van der Waals surface area contributed by atoms with Gasteiger partial charge < -0.3 is 25.0 Å². The van der Waals surface area contributed by atoms with Gasteiger partial charge in [0, 0.05) is 65.6 Å². The van der Waals surface area contributed by atoms with Crippen molar-refractivity contribution in [3.8, 4) is 0 Å². The molecule has 0 saturated carbocycles. The number of piperazine rings is 1. The number of imidazole rings is 1. The summed E-state index contributed by atoms with van der Waals surface area (Å²) in [7, 11) is 3.68. The summed E-state index contributed by atoms with van der Waals surface area (Å²) in [5, 5.41) is 6.16. The van der Waals surface area contributed by atoms with Crippen molar-refractivity contribution in [1.82, 2.24) is 30.0 Å². The van der Waals surface area contributed by atoms with E-state index >= 15 is 0 Å². The Hall–Kier alpha value is -2.58. The molecule has 1 aliphatic heterocycles. The van der Waals surface area contributed by atoms with Crippen molar-refractivity contribution in [2.75, 3.05) is 33.2 Å². The molecule has 1 atom stereocenters. The molecule has 2 aromatic rings. The van der Waals surface area contributed by atoms with Gasteiger partial charge in [-0.05, 0) is 5.56 Å². The van der Waals surface area contributed by atoms with Gasteiger partial charge >= 0.3 is 6.03 Å². The zero-order chi connectivity index (χ0) is 19.9. The summed E-state index contributed by atoms with van der Waals surface area (Å²) in [6.07, 6.45) is 3.90. The largest absolute Gasteiger partial charge is 0.337 e. The van der Waals surface area contributed by atoms with E-state index in [9.17, 15) is 9.59 Å². The van der Waals surface area contributed by atoms with Crippen molar-refractivity contribution in [3.05, 3.63) is 54.1 Å². The molecular formula is C20H29ClN6O2. The maximum absolute atomic E-state index is 12.8. The Kier molecular flexibility index (Phi) is 8.48. The maximum Gasteiger partial charge on any atom is 0.317 e. The van der Waals surface area contributed by atoms with E-state index in [0.29, 0.717) is 26.2 Å². The zero-order valence-corrected chi connectivity index (χ0v) is 17.7. The van der Waals surface area contributed by atoms with Crippen LogP contribution in [0.5, 0.6) is 0 Å². The summed E-state index contributed by atoms with van der Waals surface area (Å²) in [4.78, 5) is 32.9. The van der Waals surface area contributed by atoms with Gasteiger partial charge in [0.25, 0.3) is 0 Å². The Bertz CT molecular complexity index is 797. The highest BCUT2D eigenvalue weighted by Gasteiger charge is 2.30. The van der Waals surface area contributed by atoms with Crippen molar-refractivity contribution < 1.29 is 9.59 Å². The first-order valence-corrected chi connectivity index (χ1v) is 9.56. The topological polar surface area (TPSA) is 82.5 Å². The highest BCUT2D eigenvalue weighted by Crippen LogP contribution is 2.21. The fourth-order valence-corrected chi connectivity index (χ4v) is 3.42. The molecule has 2 heterocycles. The van der Waals surface area contributed by atoms with Crippen LogP contribution >= 0.6 is 12.4 Å². The summed E-state index contributed by atoms with van der Waals surface area (Å²) in [5.41, 5.74) is 1.06. The predicted molar refractivity (Wildman–Crippen MR) is 114 cm³/mol. The second-order valence-electron chi connectivity index (χ2n) is 7.03. The van der Waals surface area contributed by atoms with Gasteiger partial charge in [0.2, 0.25) is 5.91 Å². The monoisotopic (exact) mass is 420 g/mol. The zero-order valence-electron chi connectivity index (χ0n) is 16.9. The number of amides is 3. The normalized spacial score (nSPS) is 16.1. The number of carbonyl (C=O) groups excluding carboxylic acids is 2. The van der Waals surface area contributed by atoms with E-state index in [1.807, 2.05) is 53.0 Å². The van der Waals surface area contributed by atoms with Crippen LogP contribution in [0.4, 0.5) is 4.79 Å². The summed E-state index contributed by atoms with van der Waals surface area (Å²) in [6.45, 7) is 2.92. The van der Waals surface area contributed by atoms with Crippen molar-refractivity contribution >= 4 is 24.3 Å². The van der Waals surface area contributed by atoms with Crippen molar-refractivity contribution in [1.29, 1.82) is 0 Å². The molecule has 8 nitrogen and oxygen atoms in total. The quantitative estimate of drug-likeness (QED) is 0.742. The maximum atomic E-state index is 12.8. The van der Waals surface area contributed by atoms with E-state index in [1.54, 1.807) is 18.1 Å². The third kappa shape index (κ3) is 5.95. The van der Waals surface area contributed by atoms with Gasteiger partial charge in [0.15, 0.2) is 0 Å². The Morgan fingerprint density at radius 3 is 2.76 bits per heavy atom. The lowest BCUT2D eigenvalue weighted by Gasteiger charge is -2.36. The summed E-state index contributed by atoms with van der Waals surface area (Å²) in [5.74, 6) is 0.896. The van der Waals surface area contributed by atoms with Crippen LogP contribution in [0.15, 0.2) is 42.7 Å². The Morgan fingerprint density at radius 1 is 1.31 bits per heavy atom. The third-order valence-electron chi connectivity index (χ3n) is 4.94. The fourth-order valence-electron chi connectivity index (χ4n) is 3.42. The molecule has 0 radical (unpaired) electrons. The number of benzene rings is 1. The summed E-state index contributed by atoms with van der Waals surface area (Å²) < 4.78 is 1.94. The van der Waals surface area contributed by atoms with E-state index in [-0.39, 0.29) is 36.8 Å². The summed E-state index contributed by atoms with van der Waals surface area (Å²) in [6, 6.07) is 9.54. The first-order valence-electron chi connectivity index (χ1n) is 9.56. The lowest BCUT2D eigenvalue weighted by atomic mass is 10.1. The summed E-state index contributed by atoms with van der Waals surface area (Å²) >= 11 is 0. The number of nitrogens with zero attached hydrogens (tertiary/aromatic N) is 4. The van der Waals surface area contributed by atoms with Crippen LogP contribution in [0.1, 0.15) is 23.9 Å². The van der Waals surface area contributed by atoms with Crippen LogP contribution in [-0.2, 0) is 18.4 Å². The van der Waals surface area contributed by atoms with Crippen LogP contribution in [0.2, 0.25) is 0 Å². The molecule has 1 unspecified atom stereocenters. The fraction of sp³-hybridized carbons (Fsp3) is 0.450. The van der Waals surface area contributed by atoms with Crippen molar-refractivity contribution in [2.45, 2.75) is 19.0 Å². The molecule has 0 bridgehead atoms. The molecule has 1 aromatic heterocycles. The van der Waals surface area contributed by atoms with E-state index < -0.39 is 0 Å². The lowest BCUT2D eigenvalue weighted by molar-refractivity contribution is -0.134. The van der Waals surface area contributed by atoms with E-state index in [4.69, 9.17) is 0 Å². The Balaban J connectivity index is 0.00000300. The number of urea groups is 1. The Labute approximate surface area is 177 Å². The van der Waals surface area contributed by atoms with E-state index in [2.05, 4.69) is 15.6 Å². The van der Waals surface area contributed by atoms with Crippen LogP contribution in [-0.4, -0.2) is 64.5 Å². The van der Waals surface area contributed by atoms with Gasteiger partial charge in [0.05, 0.1) is 0 Å². The molecule has 1 saturated heterocycles. The SMILES string of the molecule is CN(Cc1ccccc1)C(=O)NCCC(=O)N1CCNCC1c1nccn1C.Cl. The molecule has 29 heavy (non-hydrogen) atoms. The lowest BCUT2D eigenvalue weighted by Crippen LogP contribution is -2.50. The van der Waals surface area contributed by atoms with E-state index in [0.717, 1.165) is 17.9 Å². The molecule has 1 aliphatic rings. The van der Waals surface area contributed by atoms with Gasteiger partial charge in [0.1, 0.15) is 11.9 Å². The molecule has 2 N–H and O–H groups in total. The van der Waals surface area contributed by atoms with Crippen LogP contribution < -0.4 is 10.6 Å². The first kappa shape index (κ1) is 22.7. The Morgan fingerprint density at radius 2 is 2.07 bits per heavy atom. The van der Waals surface area contributed by atoms with Crippen LogP contribution in [0, 0.1) is 0 Å². The van der Waals surface area contributed by atoms with Crippen molar-refractivity contribution in [2.24, 2.45) is 7.05 Å². The molecule has 1 aromatic carbocycles. The number of halogens is 1. The molecule has 1 fully saturated rings. The highest BCUT2D eigenvalue weighted by atomic mass is 35.5. The van der Waals surface area contributed by atoms with Gasteiger partial charge in [-0.2, -0.15) is 0 Å². The molecule has 9 heteroatoms. The van der Waals surface area contributed by atoms with Crippen molar-refractivity contribution in [3.63, 3.8) is 0 Å². The third-order valence-corrected chi connectivity index (χ3v) is 4.94. The van der Waals surface area contributed by atoms with E-state index in [1.165, 1.54) is 0 Å². The number of hydrogen-bond acceptors (Lipinski definition) is 4. The number of nitrogens with one attached hydrogen (secondary N) is 2. The minimum absolute atomic E-state index is 0. The van der Waals surface area contributed by atoms with Gasteiger partial charge in [-0.3, -0.25) is 4.79 Å². The molecule has 3 amide bonds. The van der Waals surface area contributed by atoms with Gasteiger partial charge in [-0.1, -0.05) is 30.3 Å². The predicted octanol–water partition coefficient (Wildman–Crippen LogP) is 1.55. The number of aromatic nitrogens is 2. The van der Waals surface area contributed by atoms with Gasteiger partial charge in [-0.25, -0.2) is 9.78 Å².